The number of likely N-dealkylation sites (N-methyl/N-ethyl adjacent to an activating group) is 1. The van der Waals surface area contributed by atoms with Gasteiger partial charge in [-0.15, -0.1) is 0 Å². The number of hydrogen-bond donors (Lipinski definition) is 8. The number of rotatable bonds is 24. The number of aryl methyl sites for hydroxylation is 2. The molecule has 0 saturated carbocycles. The summed E-state index contributed by atoms with van der Waals surface area (Å²) in [5.74, 6) is -3.16. The summed E-state index contributed by atoms with van der Waals surface area (Å²) >= 11 is 0. The number of fused-ring (bicyclic) bond motifs is 5. The van der Waals surface area contributed by atoms with Crippen LogP contribution in [0.2, 0.25) is 0 Å². The van der Waals surface area contributed by atoms with E-state index in [0.29, 0.717) is 39.3 Å². The van der Waals surface area contributed by atoms with Crippen molar-refractivity contribution in [1.82, 2.24) is 31.5 Å². The summed E-state index contributed by atoms with van der Waals surface area (Å²) in [5, 5.41) is 31.8. The Bertz CT molecular complexity index is 2250. The Morgan fingerprint density at radius 3 is 2.24 bits per heavy atom. The van der Waals surface area contributed by atoms with Gasteiger partial charge >= 0.3 is 0 Å². The summed E-state index contributed by atoms with van der Waals surface area (Å²) in [4.78, 5) is 84.9. The summed E-state index contributed by atoms with van der Waals surface area (Å²) in [6, 6.07) is 12.3. The lowest BCUT2D eigenvalue weighted by molar-refractivity contribution is -0.142. The zero-order chi connectivity index (χ0) is 49.6. The van der Waals surface area contributed by atoms with E-state index in [1.165, 1.54) is 39.7 Å². The van der Waals surface area contributed by atoms with Crippen molar-refractivity contribution in [2.24, 2.45) is 11.5 Å². The minimum atomic E-state index is -1.46. The van der Waals surface area contributed by atoms with Gasteiger partial charge in [-0.2, -0.15) is 5.26 Å². The number of aliphatic hydroxyl groups is 1. The number of ether oxygens (including phenoxy) is 2. The van der Waals surface area contributed by atoms with Gasteiger partial charge in [0.2, 0.25) is 29.5 Å². The second-order valence-corrected chi connectivity index (χ2v) is 16.9. The van der Waals surface area contributed by atoms with Crippen LogP contribution in [0.3, 0.4) is 0 Å². The normalized spacial score (nSPS) is 16.2. The van der Waals surface area contributed by atoms with Crippen LogP contribution in [-0.2, 0) is 36.8 Å². The van der Waals surface area contributed by atoms with Gasteiger partial charge in [-0.25, -0.2) is 0 Å². The van der Waals surface area contributed by atoms with Crippen molar-refractivity contribution in [3.05, 3.63) is 82.4 Å². The Labute approximate surface area is 399 Å². The molecule has 0 aromatic heterocycles. The summed E-state index contributed by atoms with van der Waals surface area (Å²) in [7, 11) is 1.39. The molecule has 3 aromatic rings. The van der Waals surface area contributed by atoms with Crippen LogP contribution in [0, 0.1) is 18.3 Å². The number of nitriles is 1. The first-order valence-electron chi connectivity index (χ1n) is 23.5. The number of nitrogens with zero attached hydrogens (tertiary/aromatic N) is 2. The number of nitrogens with one attached hydrogen (secondary N) is 5. The van der Waals surface area contributed by atoms with Crippen LogP contribution in [0.15, 0.2) is 54.6 Å². The molecule has 3 aromatic carbocycles. The lowest BCUT2D eigenvalue weighted by Gasteiger charge is -2.33. The number of carbonyl (C=O) groups excluding carboxylic acids is 6. The summed E-state index contributed by atoms with van der Waals surface area (Å²) in [6.07, 6.45) is 7.38. The molecule has 18 nitrogen and oxygen atoms in total. The monoisotopic (exact) mass is 940 g/mol. The van der Waals surface area contributed by atoms with Gasteiger partial charge in [0.25, 0.3) is 5.91 Å². The molecular formula is C50H69N9O9. The molecular weight excluding hydrogens is 871 g/mol. The van der Waals surface area contributed by atoms with Crippen LogP contribution in [-0.4, -0.2) is 117 Å². The van der Waals surface area contributed by atoms with E-state index in [1.807, 2.05) is 25.1 Å². The molecule has 1 aliphatic heterocycles. The maximum atomic E-state index is 14.9. The number of carbonyl (C=O) groups is 6. The van der Waals surface area contributed by atoms with Crippen LogP contribution in [0.25, 0.3) is 11.1 Å². The van der Waals surface area contributed by atoms with Gasteiger partial charge in [0.05, 0.1) is 12.7 Å². The van der Waals surface area contributed by atoms with Crippen LogP contribution < -0.4 is 47.5 Å². The number of hydrogen-bond acceptors (Lipinski definition) is 12. The molecule has 368 valence electrons. The average Bonchev–Trinajstić information content (AvgIpc) is 3.33. The van der Waals surface area contributed by atoms with Crippen molar-refractivity contribution in [3.63, 3.8) is 0 Å². The van der Waals surface area contributed by atoms with Gasteiger partial charge in [0, 0.05) is 56.2 Å². The molecule has 4 rings (SSSR count). The highest BCUT2D eigenvalue weighted by Crippen LogP contribution is 2.40. The predicted molar refractivity (Wildman–Crippen MR) is 257 cm³/mol. The maximum absolute atomic E-state index is 14.9. The molecule has 1 aliphatic rings. The van der Waals surface area contributed by atoms with E-state index in [4.69, 9.17) is 20.9 Å². The van der Waals surface area contributed by atoms with Gasteiger partial charge in [0.15, 0.2) is 0 Å². The summed E-state index contributed by atoms with van der Waals surface area (Å²) < 4.78 is 12.2. The number of nitrogens with two attached hydrogens (primary N) is 2. The van der Waals surface area contributed by atoms with E-state index >= 15 is 0 Å². The molecule has 10 N–H and O–H groups in total. The molecule has 0 spiro atoms. The molecule has 0 fully saturated rings. The molecule has 0 aliphatic carbocycles. The zero-order valence-electron chi connectivity index (χ0n) is 39.8. The Morgan fingerprint density at radius 2 is 1.57 bits per heavy atom. The first-order chi connectivity index (χ1) is 32.8. The molecule has 4 bridgehead atoms. The first-order valence-corrected chi connectivity index (χ1v) is 23.5. The van der Waals surface area contributed by atoms with Crippen molar-refractivity contribution < 1.29 is 43.3 Å². The second kappa shape index (κ2) is 27.9. The first kappa shape index (κ1) is 54.1. The number of aliphatic hydroxyl groups excluding tert-OH is 1. The van der Waals surface area contributed by atoms with Crippen LogP contribution in [0.1, 0.15) is 104 Å². The Morgan fingerprint density at radius 1 is 0.897 bits per heavy atom. The van der Waals surface area contributed by atoms with Crippen LogP contribution in [0.5, 0.6) is 11.5 Å². The predicted octanol–water partition coefficient (Wildman–Crippen LogP) is 2.61. The fraction of sp³-hybridized carbons (Fsp3) is 0.500. The third-order valence-corrected chi connectivity index (χ3v) is 11.6. The molecule has 68 heavy (non-hydrogen) atoms. The smallest absolute Gasteiger partial charge is 0.252 e. The van der Waals surface area contributed by atoms with E-state index < -0.39 is 59.6 Å². The van der Waals surface area contributed by atoms with Gasteiger partial charge < -0.3 is 57.5 Å². The van der Waals surface area contributed by atoms with E-state index in [2.05, 4.69) is 33.5 Å². The third kappa shape index (κ3) is 15.8. The van der Waals surface area contributed by atoms with Gasteiger partial charge in [0.1, 0.15) is 55.4 Å². The van der Waals surface area contributed by atoms with Crippen molar-refractivity contribution in [1.29, 1.82) is 5.26 Å². The Kier molecular flexibility index (Phi) is 22.2. The highest BCUT2D eigenvalue weighted by atomic mass is 16.5. The topological polar surface area (TPSA) is 280 Å². The van der Waals surface area contributed by atoms with E-state index in [-0.39, 0.29) is 70.8 Å². The molecule has 1 heterocycles. The number of amides is 6. The molecule has 0 saturated heterocycles. The second-order valence-electron chi connectivity index (χ2n) is 16.9. The van der Waals surface area contributed by atoms with Crippen molar-refractivity contribution in [3.8, 4) is 28.7 Å². The van der Waals surface area contributed by atoms with Crippen molar-refractivity contribution in [2.45, 2.75) is 109 Å². The number of unbranched alkanes of at least 4 members (excludes halogenated alkanes) is 5. The lowest BCUT2D eigenvalue weighted by atomic mass is 9.93. The highest BCUT2D eigenvalue weighted by molar-refractivity contribution is 6.00. The standard InChI is InChI=1S/C50H69N9O9/c1-5-6-7-8-9-10-11-34-12-15-37(32(2)28-34)47(63)57-40(16-19-44(61)54-24-25-60)50(66)59(4)45-36-14-18-43(68-27-22-53)39(31-36)38-29-35(13-17-42(38)67-26-21-52)30-41(48(64)55-23-20-51)58-46(62)33(3)56-49(45)65/h12-15,17-18,28-29,31,33,40-41,45,60H,5-11,16,19,21-27,30,52-53H2,1-4H3,(H,54,61)(H,55,64)(H,56,65)(H,57,63)(H,58,62)/t33-,40-,41-,45-/m0/s1. The Balaban J connectivity index is 1.81. The largest absolute Gasteiger partial charge is 0.492 e. The molecule has 0 unspecified atom stereocenters. The fourth-order valence-corrected chi connectivity index (χ4v) is 8.00. The van der Waals surface area contributed by atoms with Crippen molar-refractivity contribution >= 4 is 35.4 Å². The molecule has 18 heteroatoms. The summed E-state index contributed by atoms with van der Waals surface area (Å²) in [5.41, 5.74) is 15.6. The zero-order valence-corrected chi connectivity index (χ0v) is 39.8. The van der Waals surface area contributed by atoms with Crippen LogP contribution in [0.4, 0.5) is 0 Å². The third-order valence-electron chi connectivity index (χ3n) is 11.6. The molecule has 6 amide bonds. The number of benzene rings is 3. The van der Waals surface area contributed by atoms with Crippen LogP contribution >= 0.6 is 0 Å². The highest BCUT2D eigenvalue weighted by Gasteiger charge is 2.36. The SMILES string of the molecule is CCCCCCCCc1ccc(C(=O)N[C@@H](CCC(=O)NCCO)C(=O)N(C)[C@@H]2C(=O)N[C@@H](C)C(=O)N[C@H](C(=O)NCC#N)Cc3ccc(OCCN)c(c3)-c3cc2ccc3OCCN)c(C)c1. The molecule has 0 radical (unpaired) electrons. The average molecular weight is 940 g/mol. The minimum Gasteiger partial charge on any atom is -0.492 e. The fourth-order valence-electron chi connectivity index (χ4n) is 8.00. The Hall–Kier alpha value is -6.55. The van der Waals surface area contributed by atoms with E-state index in [1.54, 1.807) is 42.5 Å². The summed E-state index contributed by atoms with van der Waals surface area (Å²) in [6.45, 7) is 5.41. The quantitative estimate of drug-likeness (QED) is 0.0476. The minimum absolute atomic E-state index is 0.0114. The van der Waals surface area contributed by atoms with E-state index in [9.17, 15) is 39.1 Å². The van der Waals surface area contributed by atoms with Gasteiger partial charge in [-0.1, -0.05) is 63.3 Å². The van der Waals surface area contributed by atoms with E-state index in [0.717, 1.165) is 29.7 Å². The van der Waals surface area contributed by atoms with Gasteiger partial charge in [-0.05, 0) is 85.7 Å². The lowest BCUT2D eigenvalue weighted by Crippen LogP contribution is -2.56. The van der Waals surface area contributed by atoms with Crippen molar-refractivity contribution in [2.75, 3.05) is 53.0 Å². The van der Waals surface area contributed by atoms with Gasteiger partial charge in [-0.3, -0.25) is 28.8 Å². The maximum Gasteiger partial charge on any atom is 0.252 e. The molecule has 4 atom stereocenters.